The highest BCUT2D eigenvalue weighted by Crippen LogP contribution is 2.53. The van der Waals surface area contributed by atoms with E-state index in [4.69, 9.17) is 4.98 Å². The fourth-order valence-corrected chi connectivity index (χ4v) is 8.40. The lowest BCUT2D eigenvalue weighted by Crippen LogP contribution is -2.04. The minimum absolute atomic E-state index is 0.326. The number of fused-ring (bicyclic) bond motifs is 13. The Morgan fingerprint density at radius 1 is 0.533 bits per heavy atom. The van der Waals surface area contributed by atoms with Gasteiger partial charge in [-0.2, -0.15) is 0 Å². The molecule has 0 amide bonds. The highest BCUT2D eigenvalue weighted by Gasteiger charge is 2.35. The second-order valence-corrected chi connectivity index (χ2v) is 12.3. The number of benzene rings is 5. The molecular formula is C41H26N4. The molecule has 0 saturated carbocycles. The van der Waals surface area contributed by atoms with Crippen molar-refractivity contribution in [1.82, 2.24) is 18.7 Å². The molecule has 9 aromatic rings. The normalized spacial score (nSPS) is 15.7. The molecule has 4 nitrogen and oxygen atoms in total. The molecule has 5 heterocycles. The Morgan fingerprint density at radius 2 is 1.09 bits per heavy atom. The first-order chi connectivity index (χ1) is 22.4. The van der Waals surface area contributed by atoms with Crippen molar-refractivity contribution in [3.63, 3.8) is 0 Å². The standard InChI is InChI=1S/C41H26N4/c1-6-16-35-27(10-1)30-14-9-23-42-41(30)44(35)26-21-19-25(20-22-26)43-34-15-5-2-11-28(34)32-24-33-29-12-3-7-17-36(29)45-37-18-8-4-13-31(37)38(39(32)43)40(33)45/h1-12,14-24,31H,13H2. The minimum atomic E-state index is 0.326. The lowest BCUT2D eigenvalue weighted by atomic mass is 9.89. The molecule has 1 unspecified atom stereocenters. The van der Waals surface area contributed by atoms with E-state index in [9.17, 15) is 0 Å². The molecule has 45 heavy (non-hydrogen) atoms. The van der Waals surface area contributed by atoms with Gasteiger partial charge in [0.2, 0.25) is 0 Å². The third kappa shape index (κ3) is 2.89. The Balaban J connectivity index is 1.22. The van der Waals surface area contributed by atoms with Gasteiger partial charge in [-0.25, -0.2) is 4.98 Å². The molecule has 2 aliphatic rings. The highest BCUT2D eigenvalue weighted by atomic mass is 15.1. The molecule has 4 aromatic heterocycles. The Labute approximate surface area is 258 Å². The van der Waals surface area contributed by atoms with Gasteiger partial charge >= 0.3 is 0 Å². The van der Waals surface area contributed by atoms with Crippen molar-refractivity contribution in [3.05, 3.63) is 145 Å². The summed E-state index contributed by atoms with van der Waals surface area (Å²) in [6, 6.07) is 42.1. The van der Waals surface area contributed by atoms with Gasteiger partial charge in [-0.15, -0.1) is 0 Å². The fourth-order valence-electron chi connectivity index (χ4n) is 8.40. The molecule has 0 N–H and O–H groups in total. The van der Waals surface area contributed by atoms with E-state index < -0.39 is 0 Å². The van der Waals surface area contributed by atoms with Crippen LogP contribution in [-0.2, 0) is 0 Å². The van der Waals surface area contributed by atoms with E-state index in [0.717, 1.165) is 17.8 Å². The summed E-state index contributed by atoms with van der Waals surface area (Å²) in [6.07, 6.45) is 9.78. The molecule has 4 heteroatoms. The van der Waals surface area contributed by atoms with Crippen LogP contribution in [0, 0.1) is 0 Å². The van der Waals surface area contributed by atoms with Crippen LogP contribution >= 0.6 is 0 Å². The average molecular weight is 575 g/mol. The first kappa shape index (κ1) is 23.6. The van der Waals surface area contributed by atoms with Gasteiger partial charge in [0.05, 0.1) is 27.6 Å². The number of hydrogen-bond donors (Lipinski definition) is 0. The van der Waals surface area contributed by atoms with E-state index >= 15 is 0 Å². The molecule has 210 valence electrons. The van der Waals surface area contributed by atoms with Crippen molar-refractivity contribution in [2.24, 2.45) is 0 Å². The Bertz CT molecular complexity index is 2730. The second kappa shape index (κ2) is 8.40. The number of aromatic nitrogens is 4. The van der Waals surface area contributed by atoms with E-state index in [1.165, 1.54) is 76.8 Å². The van der Waals surface area contributed by atoms with Gasteiger partial charge in [-0.3, -0.25) is 4.57 Å². The molecule has 1 aliphatic heterocycles. The highest BCUT2D eigenvalue weighted by molar-refractivity contribution is 6.23. The number of rotatable bonds is 2. The van der Waals surface area contributed by atoms with Crippen molar-refractivity contribution in [1.29, 1.82) is 0 Å². The van der Waals surface area contributed by atoms with Gasteiger partial charge in [0.25, 0.3) is 0 Å². The van der Waals surface area contributed by atoms with Crippen LogP contribution in [0.15, 0.2) is 140 Å². The van der Waals surface area contributed by atoms with E-state index in [2.05, 4.69) is 141 Å². The number of hydrogen-bond acceptors (Lipinski definition) is 1. The number of allylic oxidation sites excluding steroid dienone is 4. The third-order valence-electron chi connectivity index (χ3n) is 10.2. The van der Waals surface area contributed by atoms with Gasteiger partial charge in [0.15, 0.2) is 0 Å². The van der Waals surface area contributed by atoms with Crippen LogP contribution in [0.3, 0.4) is 0 Å². The van der Waals surface area contributed by atoms with Gasteiger partial charge in [-0.05, 0) is 73.2 Å². The van der Waals surface area contributed by atoms with Crippen molar-refractivity contribution in [3.8, 4) is 11.4 Å². The zero-order valence-electron chi connectivity index (χ0n) is 24.4. The fraction of sp³-hybridized carbons (Fsp3) is 0.0488. The first-order valence-electron chi connectivity index (χ1n) is 15.7. The Morgan fingerprint density at radius 3 is 1.80 bits per heavy atom. The van der Waals surface area contributed by atoms with E-state index in [-0.39, 0.29) is 0 Å². The number of pyridine rings is 1. The average Bonchev–Trinajstić information content (AvgIpc) is 3.82. The summed E-state index contributed by atoms with van der Waals surface area (Å²) >= 11 is 0. The number of para-hydroxylation sites is 3. The molecule has 0 bridgehead atoms. The lowest BCUT2D eigenvalue weighted by molar-refractivity contribution is 0.874. The number of nitrogens with zero attached hydrogens (tertiary/aromatic N) is 4. The monoisotopic (exact) mass is 574 g/mol. The van der Waals surface area contributed by atoms with Gasteiger partial charge in [0, 0.05) is 67.1 Å². The van der Waals surface area contributed by atoms with Gasteiger partial charge in [0.1, 0.15) is 5.65 Å². The van der Waals surface area contributed by atoms with Crippen molar-refractivity contribution >= 4 is 71.2 Å². The molecule has 11 rings (SSSR count). The van der Waals surface area contributed by atoms with E-state index in [0.29, 0.717) is 5.92 Å². The maximum Gasteiger partial charge on any atom is 0.145 e. The SMILES string of the molecule is C1=CCC2C(=C1)n1c3ccccc3c3cc4c5ccccc5n(-c5ccc(-n6c7ccccc7c7cccnc76)cc5)c4c2c31. The van der Waals surface area contributed by atoms with Crippen LogP contribution in [0.4, 0.5) is 0 Å². The predicted octanol–water partition coefficient (Wildman–Crippen LogP) is 10.3. The van der Waals surface area contributed by atoms with Crippen LogP contribution < -0.4 is 0 Å². The lowest BCUT2D eigenvalue weighted by Gasteiger charge is -2.19. The summed E-state index contributed by atoms with van der Waals surface area (Å²) in [5.74, 6) is 0.326. The molecule has 5 aromatic carbocycles. The molecule has 1 atom stereocenters. The summed E-state index contributed by atoms with van der Waals surface area (Å²) in [5, 5.41) is 7.68. The summed E-state index contributed by atoms with van der Waals surface area (Å²) in [6.45, 7) is 0. The smallest absolute Gasteiger partial charge is 0.145 e. The van der Waals surface area contributed by atoms with Gasteiger partial charge in [-0.1, -0.05) is 66.7 Å². The largest absolute Gasteiger partial charge is 0.312 e. The van der Waals surface area contributed by atoms with Crippen LogP contribution in [-0.4, -0.2) is 18.7 Å². The zero-order valence-corrected chi connectivity index (χ0v) is 24.4. The maximum atomic E-state index is 4.81. The topological polar surface area (TPSA) is 27.7 Å². The Hall–Kier alpha value is -5.87. The molecule has 0 fully saturated rings. The van der Waals surface area contributed by atoms with Crippen molar-refractivity contribution in [2.75, 3.05) is 0 Å². The van der Waals surface area contributed by atoms with Crippen LogP contribution in [0.1, 0.15) is 17.9 Å². The summed E-state index contributed by atoms with van der Waals surface area (Å²) in [4.78, 5) is 4.81. The molecule has 0 saturated heterocycles. The van der Waals surface area contributed by atoms with Crippen molar-refractivity contribution in [2.45, 2.75) is 12.3 Å². The summed E-state index contributed by atoms with van der Waals surface area (Å²) in [7, 11) is 0. The maximum absolute atomic E-state index is 4.81. The van der Waals surface area contributed by atoms with Gasteiger partial charge < -0.3 is 9.13 Å². The van der Waals surface area contributed by atoms with Crippen molar-refractivity contribution < 1.29 is 0 Å². The third-order valence-corrected chi connectivity index (χ3v) is 10.2. The Kier molecular flexibility index (Phi) is 4.40. The molecule has 0 spiro atoms. The molecule has 0 radical (unpaired) electrons. The summed E-state index contributed by atoms with van der Waals surface area (Å²) in [5.41, 5.74) is 12.5. The van der Waals surface area contributed by atoms with E-state index in [1.807, 2.05) is 12.3 Å². The molecule has 1 aliphatic carbocycles. The predicted molar refractivity (Wildman–Crippen MR) is 187 cm³/mol. The quantitative estimate of drug-likeness (QED) is 0.202. The minimum Gasteiger partial charge on any atom is -0.312 e. The van der Waals surface area contributed by atoms with Crippen LogP contribution in [0.5, 0.6) is 0 Å². The van der Waals surface area contributed by atoms with E-state index in [1.54, 1.807) is 0 Å². The second-order valence-electron chi connectivity index (χ2n) is 12.3. The summed E-state index contributed by atoms with van der Waals surface area (Å²) < 4.78 is 7.33. The first-order valence-corrected chi connectivity index (χ1v) is 15.7. The van der Waals surface area contributed by atoms with Crippen LogP contribution in [0.2, 0.25) is 0 Å². The van der Waals surface area contributed by atoms with Crippen LogP contribution in [0.25, 0.3) is 82.6 Å². The zero-order chi connectivity index (χ0) is 29.2. The molecular weight excluding hydrogens is 548 g/mol.